The summed E-state index contributed by atoms with van der Waals surface area (Å²) in [5.74, 6) is 0.131. The van der Waals surface area contributed by atoms with Gasteiger partial charge in [-0.15, -0.1) is 11.3 Å². The van der Waals surface area contributed by atoms with Crippen LogP contribution in [0.25, 0.3) is 0 Å². The van der Waals surface area contributed by atoms with Gasteiger partial charge in [0.15, 0.2) is 0 Å². The second-order valence-corrected chi connectivity index (χ2v) is 3.03. The first-order valence-corrected chi connectivity index (χ1v) is 4.33. The van der Waals surface area contributed by atoms with Crippen LogP contribution in [0.15, 0.2) is 35.7 Å². The van der Waals surface area contributed by atoms with E-state index in [1.54, 1.807) is 12.1 Å². The highest BCUT2D eigenvalue weighted by Gasteiger charge is 1.90. The average Bonchev–Trinajstić information content (AvgIpc) is 2.17. The molecule has 0 aliphatic carbocycles. The normalized spacial score (nSPS) is 8.67. The van der Waals surface area contributed by atoms with Crippen molar-refractivity contribution in [2.75, 3.05) is 0 Å². The minimum Gasteiger partial charge on any atom is -0.506 e. The van der Waals surface area contributed by atoms with Gasteiger partial charge in [0.25, 0.3) is 0 Å². The first-order valence-electron chi connectivity index (χ1n) is 3.45. The highest BCUT2D eigenvalue weighted by molar-refractivity contribution is 7.11. The molecule has 2 nitrogen and oxygen atoms in total. The van der Waals surface area contributed by atoms with Gasteiger partial charge in [-0.1, -0.05) is 24.3 Å². The maximum atomic E-state index is 9.35. The van der Waals surface area contributed by atoms with Gasteiger partial charge in [0.1, 0.15) is 5.75 Å². The number of hydrogen-bond acceptors (Lipinski definition) is 3. The molecule has 0 atom stereocenters. The summed E-state index contributed by atoms with van der Waals surface area (Å²) in [6, 6.07) is 8.84. The quantitative estimate of drug-likeness (QED) is 0.639. The van der Waals surface area contributed by atoms with Crippen LogP contribution in [0.1, 0.15) is 4.88 Å². The molecule has 0 spiro atoms. The topological polar surface area (TPSA) is 44.1 Å². The maximum Gasteiger partial charge on any atom is 0.134 e. The van der Waals surface area contributed by atoms with Crippen LogP contribution in [0.2, 0.25) is 0 Å². The Bertz CT molecular complexity index is 318. The second kappa shape index (κ2) is 4.51. The van der Waals surface area contributed by atoms with Gasteiger partial charge in [-0.25, -0.2) is 0 Å². The largest absolute Gasteiger partial charge is 0.506 e. The summed E-state index contributed by atoms with van der Waals surface area (Å²) in [7, 11) is 0. The summed E-state index contributed by atoms with van der Waals surface area (Å²) in [6.07, 6.45) is 1.14. The molecule has 0 bridgehead atoms. The van der Waals surface area contributed by atoms with Gasteiger partial charge in [-0.05, 0) is 11.4 Å². The zero-order chi connectivity index (χ0) is 8.81. The second-order valence-electron chi connectivity index (χ2n) is 2.08. The molecule has 0 aromatic carbocycles. The lowest BCUT2D eigenvalue weighted by Crippen LogP contribution is -1.71. The molecule has 1 heterocycles. The van der Waals surface area contributed by atoms with E-state index in [2.05, 4.69) is 0 Å². The number of rotatable bonds is 1. The highest BCUT2D eigenvalue weighted by atomic mass is 32.1. The number of aromatic hydroxyl groups is 1. The average molecular weight is 179 g/mol. The van der Waals surface area contributed by atoms with Gasteiger partial charge in [0.05, 0.1) is 4.88 Å². The fraction of sp³-hybridized carbons (Fsp3) is 0. The molecule has 0 aliphatic rings. The van der Waals surface area contributed by atoms with Crippen LogP contribution in [0.4, 0.5) is 0 Å². The van der Waals surface area contributed by atoms with Crippen molar-refractivity contribution in [1.82, 2.24) is 0 Å². The Hall–Kier alpha value is -1.35. The molecule has 0 fully saturated rings. The molecule has 0 saturated carbocycles. The van der Waals surface area contributed by atoms with Crippen molar-refractivity contribution in [1.29, 1.82) is 5.41 Å². The van der Waals surface area contributed by atoms with Crippen LogP contribution >= 0.6 is 11.3 Å². The minimum absolute atomic E-state index is 0.131. The van der Waals surface area contributed by atoms with Crippen LogP contribution < -0.4 is 0 Å². The van der Waals surface area contributed by atoms with E-state index in [-0.39, 0.29) is 5.75 Å². The van der Waals surface area contributed by atoms with Crippen LogP contribution in [-0.4, -0.2) is 11.3 Å². The van der Waals surface area contributed by atoms with Crippen LogP contribution in [0.5, 0.6) is 5.75 Å². The summed E-state index contributed by atoms with van der Waals surface area (Å²) in [4.78, 5) is 0.547. The van der Waals surface area contributed by atoms with Gasteiger partial charge < -0.3 is 10.5 Å². The van der Waals surface area contributed by atoms with Gasteiger partial charge in [-0.3, -0.25) is 0 Å². The molecule has 0 unspecified atom stereocenters. The molecular formula is C9H9NOS. The fourth-order valence-corrected chi connectivity index (χ4v) is 1.26. The lowest BCUT2D eigenvalue weighted by atomic mass is 10.4. The molecule has 62 valence electrons. The molecule has 0 saturated heterocycles. The third kappa shape index (κ3) is 2.36. The third-order valence-electron chi connectivity index (χ3n) is 1.24. The highest BCUT2D eigenvalue weighted by Crippen LogP contribution is 2.14. The van der Waals surface area contributed by atoms with Crippen molar-refractivity contribution in [2.45, 2.75) is 0 Å². The molecule has 0 radical (unpaired) electrons. The monoisotopic (exact) mass is 179 g/mol. The summed E-state index contributed by atoms with van der Waals surface area (Å²) >= 11 is 1.32. The smallest absolute Gasteiger partial charge is 0.134 e. The predicted octanol–water partition coefficient (Wildman–Crippen LogP) is 2.58. The van der Waals surface area contributed by atoms with E-state index in [9.17, 15) is 5.11 Å². The first kappa shape index (κ1) is 8.74. The Labute approximate surface area is 75.0 Å². The molecule has 0 aliphatic heterocycles. The van der Waals surface area contributed by atoms with Gasteiger partial charge in [0, 0.05) is 6.21 Å². The molecule has 0 amide bonds. The summed E-state index contributed by atoms with van der Waals surface area (Å²) in [5, 5.41) is 18.2. The molecule has 1 rings (SSSR count). The Morgan fingerprint density at radius 2 is 2.00 bits per heavy atom. The zero-order valence-corrected chi connectivity index (χ0v) is 7.21. The minimum atomic E-state index is 0.131. The van der Waals surface area contributed by atoms with E-state index in [1.807, 2.05) is 23.6 Å². The number of hydrogen-bond donors (Lipinski definition) is 2. The third-order valence-corrected chi connectivity index (χ3v) is 2.12. The van der Waals surface area contributed by atoms with Crippen molar-refractivity contribution < 1.29 is 5.11 Å². The van der Waals surface area contributed by atoms with E-state index in [0.717, 1.165) is 6.21 Å². The Kier molecular flexibility index (Phi) is 3.29. The van der Waals surface area contributed by atoms with Crippen molar-refractivity contribution in [3.8, 4) is 5.75 Å². The number of nitrogens with one attached hydrogen (secondary N) is 1. The zero-order valence-electron chi connectivity index (χ0n) is 6.40. The van der Waals surface area contributed by atoms with E-state index in [4.69, 9.17) is 5.41 Å². The van der Waals surface area contributed by atoms with Crippen LogP contribution in [-0.2, 0) is 0 Å². The Balaban J connectivity index is 3.34. The molecule has 1 aromatic rings. The predicted molar refractivity (Wildman–Crippen MR) is 51.5 cm³/mol. The van der Waals surface area contributed by atoms with Crippen molar-refractivity contribution >= 4 is 17.6 Å². The maximum absolute atomic E-state index is 9.35. The molecule has 2 N–H and O–H groups in total. The SMILES string of the molecule is N=Cc1sccccccc1O. The lowest BCUT2D eigenvalue weighted by molar-refractivity contribution is 0.476. The van der Waals surface area contributed by atoms with Crippen LogP contribution in [0.3, 0.4) is 0 Å². The van der Waals surface area contributed by atoms with Crippen molar-refractivity contribution in [3.05, 3.63) is 40.6 Å². The summed E-state index contributed by atoms with van der Waals surface area (Å²) in [6.45, 7) is 0. The Morgan fingerprint density at radius 1 is 1.25 bits per heavy atom. The van der Waals surface area contributed by atoms with Crippen molar-refractivity contribution in [2.24, 2.45) is 0 Å². The van der Waals surface area contributed by atoms with E-state index in [1.165, 1.54) is 11.3 Å². The molecular weight excluding hydrogens is 170 g/mol. The standard InChI is InChI=1S/C9H9NOS/c10-7-9-8(11)5-3-1-2-4-6-12-9/h1-7,10-11H. The summed E-state index contributed by atoms with van der Waals surface area (Å²) < 4.78 is 0. The van der Waals surface area contributed by atoms with E-state index >= 15 is 0 Å². The molecule has 12 heavy (non-hydrogen) atoms. The molecule has 3 heteroatoms. The van der Waals surface area contributed by atoms with Crippen molar-refractivity contribution in [3.63, 3.8) is 0 Å². The fourth-order valence-electron chi connectivity index (χ4n) is 0.683. The first-order chi connectivity index (χ1) is 5.84. The Morgan fingerprint density at radius 3 is 2.75 bits per heavy atom. The van der Waals surface area contributed by atoms with Crippen LogP contribution in [0, 0.1) is 5.41 Å². The van der Waals surface area contributed by atoms with Gasteiger partial charge in [-0.2, -0.15) is 0 Å². The van der Waals surface area contributed by atoms with E-state index < -0.39 is 0 Å². The van der Waals surface area contributed by atoms with Gasteiger partial charge >= 0.3 is 0 Å². The summed E-state index contributed by atoms with van der Waals surface area (Å²) in [5.41, 5.74) is 0. The lowest BCUT2D eigenvalue weighted by Gasteiger charge is -1.88. The van der Waals surface area contributed by atoms with E-state index in [0.29, 0.717) is 4.88 Å². The van der Waals surface area contributed by atoms with Gasteiger partial charge in [0.2, 0.25) is 0 Å². The molecule has 1 aromatic heterocycles.